The highest BCUT2D eigenvalue weighted by molar-refractivity contribution is 6.31. The number of rotatable bonds is 4. The van der Waals surface area contributed by atoms with Gasteiger partial charge in [0.1, 0.15) is 5.56 Å². The minimum absolute atomic E-state index is 0.0422. The van der Waals surface area contributed by atoms with Crippen LogP contribution in [0.15, 0.2) is 18.2 Å². The van der Waals surface area contributed by atoms with Gasteiger partial charge in [-0.3, -0.25) is 14.9 Å². The predicted octanol–water partition coefficient (Wildman–Crippen LogP) is 2.36. The van der Waals surface area contributed by atoms with Crippen LogP contribution < -0.4 is 0 Å². The zero-order valence-electron chi connectivity index (χ0n) is 11.0. The molecule has 0 aliphatic carbocycles. The maximum absolute atomic E-state index is 12.4. The summed E-state index contributed by atoms with van der Waals surface area (Å²) in [5, 5.41) is 11.3. The molecular weight excluding hydrogens is 284 g/mol. The summed E-state index contributed by atoms with van der Waals surface area (Å²) in [5.41, 5.74) is -0.171. The molecule has 0 aromatic heterocycles. The van der Waals surface area contributed by atoms with Crippen molar-refractivity contribution in [2.24, 2.45) is 5.92 Å². The number of amides is 1. The lowest BCUT2D eigenvalue weighted by molar-refractivity contribution is -0.385. The van der Waals surface area contributed by atoms with Crippen molar-refractivity contribution in [3.63, 3.8) is 0 Å². The highest BCUT2D eigenvalue weighted by atomic mass is 35.5. The van der Waals surface area contributed by atoms with Crippen LogP contribution in [0.4, 0.5) is 5.69 Å². The molecule has 1 heterocycles. The molecule has 1 aromatic rings. The molecule has 1 aliphatic heterocycles. The van der Waals surface area contributed by atoms with Gasteiger partial charge >= 0.3 is 0 Å². The second-order valence-corrected chi connectivity index (χ2v) is 5.22. The van der Waals surface area contributed by atoms with Crippen LogP contribution in [0, 0.1) is 16.0 Å². The molecular formula is C13H15ClN2O4. The highest BCUT2D eigenvalue weighted by Gasteiger charge is 2.30. The van der Waals surface area contributed by atoms with Crippen LogP contribution in [0.2, 0.25) is 5.02 Å². The first-order valence-corrected chi connectivity index (χ1v) is 6.63. The van der Waals surface area contributed by atoms with E-state index in [-0.39, 0.29) is 23.1 Å². The van der Waals surface area contributed by atoms with Gasteiger partial charge in [0.15, 0.2) is 0 Å². The van der Waals surface area contributed by atoms with Crippen molar-refractivity contribution in [2.75, 3.05) is 26.8 Å². The number of benzene rings is 1. The van der Waals surface area contributed by atoms with E-state index >= 15 is 0 Å². The maximum atomic E-state index is 12.4. The monoisotopic (exact) mass is 298 g/mol. The SMILES string of the molecule is COCC1CCN(C(=O)c2cc(Cl)ccc2[N+](=O)[O-])C1. The number of halogens is 1. The van der Waals surface area contributed by atoms with Gasteiger partial charge in [0.25, 0.3) is 11.6 Å². The van der Waals surface area contributed by atoms with Crippen molar-refractivity contribution < 1.29 is 14.5 Å². The summed E-state index contributed by atoms with van der Waals surface area (Å²) in [6.07, 6.45) is 0.841. The highest BCUT2D eigenvalue weighted by Crippen LogP contribution is 2.26. The molecule has 7 heteroatoms. The topological polar surface area (TPSA) is 72.7 Å². The first-order chi connectivity index (χ1) is 9.52. The fraction of sp³-hybridized carbons (Fsp3) is 0.462. The molecule has 0 N–H and O–H groups in total. The largest absolute Gasteiger partial charge is 0.384 e. The van der Waals surface area contributed by atoms with E-state index in [1.54, 1.807) is 12.0 Å². The van der Waals surface area contributed by atoms with Gasteiger partial charge in [-0.15, -0.1) is 0 Å². The summed E-state index contributed by atoms with van der Waals surface area (Å²) in [6.45, 7) is 1.72. The molecule has 0 spiro atoms. The minimum Gasteiger partial charge on any atom is -0.384 e. The summed E-state index contributed by atoms with van der Waals surface area (Å²) in [4.78, 5) is 24.4. The first-order valence-electron chi connectivity index (χ1n) is 6.25. The molecule has 1 amide bonds. The number of carbonyl (C=O) groups is 1. The Labute approximate surface area is 121 Å². The minimum atomic E-state index is -0.563. The van der Waals surface area contributed by atoms with Gasteiger partial charge in [0, 0.05) is 37.2 Å². The molecule has 1 unspecified atom stereocenters. The van der Waals surface area contributed by atoms with Gasteiger partial charge in [-0.05, 0) is 18.6 Å². The number of likely N-dealkylation sites (tertiary alicyclic amines) is 1. The lowest BCUT2D eigenvalue weighted by Gasteiger charge is -2.16. The lowest BCUT2D eigenvalue weighted by Crippen LogP contribution is -2.29. The summed E-state index contributed by atoms with van der Waals surface area (Å²) in [5.74, 6) is -0.0695. The third-order valence-electron chi connectivity index (χ3n) is 3.36. The molecule has 2 rings (SSSR count). The van der Waals surface area contributed by atoms with Crippen LogP contribution in [-0.2, 0) is 4.74 Å². The summed E-state index contributed by atoms with van der Waals surface area (Å²) >= 11 is 5.84. The third-order valence-corrected chi connectivity index (χ3v) is 3.60. The molecule has 0 bridgehead atoms. The smallest absolute Gasteiger partial charge is 0.282 e. The second-order valence-electron chi connectivity index (χ2n) is 4.78. The fourth-order valence-electron chi connectivity index (χ4n) is 2.40. The van der Waals surface area contributed by atoms with Gasteiger partial charge < -0.3 is 9.64 Å². The van der Waals surface area contributed by atoms with E-state index in [0.717, 1.165) is 6.42 Å². The van der Waals surface area contributed by atoms with Crippen LogP contribution >= 0.6 is 11.6 Å². The Hall–Kier alpha value is -1.66. The van der Waals surface area contributed by atoms with Crippen LogP contribution in [0.5, 0.6) is 0 Å². The van der Waals surface area contributed by atoms with E-state index in [1.165, 1.54) is 18.2 Å². The molecule has 1 aromatic carbocycles. The zero-order chi connectivity index (χ0) is 14.7. The number of nitro groups is 1. The molecule has 6 nitrogen and oxygen atoms in total. The normalized spacial score (nSPS) is 18.3. The van der Waals surface area contributed by atoms with Crippen LogP contribution in [0.25, 0.3) is 0 Å². The van der Waals surface area contributed by atoms with Crippen LogP contribution in [-0.4, -0.2) is 42.5 Å². The quantitative estimate of drug-likeness (QED) is 0.632. The second kappa shape index (κ2) is 6.19. The van der Waals surface area contributed by atoms with Crippen molar-refractivity contribution in [1.82, 2.24) is 4.90 Å². The molecule has 1 aliphatic rings. The molecule has 108 valence electrons. The van der Waals surface area contributed by atoms with E-state index in [9.17, 15) is 14.9 Å². The first kappa shape index (κ1) is 14.7. The number of nitrogens with zero attached hydrogens (tertiary/aromatic N) is 2. The van der Waals surface area contributed by atoms with E-state index < -0.39 is 4.92 Å². The molecule has 1 fully saturated rings. The lowest BCUT2D eigenvalue weighted by atomic mass is 10.1. The van der Waals surface area contributed by atoms with Gasteiger partial charge in [0.2, 0.25) is 0 Å². The third kappa shape index (κ3) is 3.08. The number of carbonyl (C=O) groups excluding carboxylic acids is 1. The van der Waals surface area contributed by atoms with E-state index in [1.807, 2.05) is 0 Å². The van der Waals surface area contributed by atoms with Gasteiger partial charge in [-0.25, -0.2) is 0 Å². The Balaban J connectivity index is 2.21. The zero-order valence-corrected chi connectivity index (χ0v) is 11.8. The van der Waals surface area contributed by atoms with Gasteiger partial charge in [-0.1, -0.05) is 11.6 Å². The van der Waals surface area contributed by atoms with E-state index in [2.05, 4.69) is 0 Å². The Morgan fingerprint density at radius 3 is 3.00 bits per heavy atom. The molecule has 0 saturated carbocycles. The molecule has 1 saturated heterocycles. The Morgan fingerprint density at radius 2 is 2.35 bits per heavy atom. The number of methoxy groups -OCH3 is 1. The molecule has 1 atom stereocenters. The van der Waals surface area contributed by atoms with Crippen molar-refractivity contribution >= 4 is 23.2 Å². The molecule has 20 heavy (non-hydrogen) atoms. The standard InChI is InChI=1S/C13H15ClN2O4/c1-20-8-9-4-5-15(7-9)13(17)11-6-10(14)2-3-12(11)16(18)19/h2-3,6,9H,4-5,7-8H2,1H3. The molecule has 0 radical (unpaired) electrons. The van der Waals surface area contributed by atoms with Crippen molar-refractivity contribution in [1.29, 1.82) is 0 Å². The number of hydrogen-bond acceptors (Lipinski definition) is 4. The van der Waals surface area contributed by atoms with Crippen molar-refractivity contribution in [3.05, 3.63) is 38.9 Å². The Morgan fingerprint density at radius 1 is 1.60 bits per heavy atom. The average molecular weight is 299 g/mol. The van der Waals surface area contributed by atoms with Crippen molar-refractivity contribution in [2.45, 2.75) is 6.42 Å². The summed E-state index contributed by atoms with van der Waals surface area (Å²) in [7, 11) is 1.62. The Bertz CT molecular complexity index is 535. The maximum Gasteiger partial charge on any atom is 0.282 e. The van der Waals surface area contributed by atoms with Crippen LogP contribution in [0.1, 0.15) is 16.8 Å². The fourth-order valence-corrected chi connectivity index (χ4v) is 2.57. The van der Waals surface area contributed by atoms with E-state index in [0.29, 0.717) is 24.7 Å². The van der Waals surface area contributed by atoms with Crippen LogP contribution in [0.3, 0.4) is 0 Å². The summed E-state index contributed by atoms with van der Waals surface area (Å²) in [6, 6.07) is 4.03. The number of nitro benzene ring substituents is 1. The number of hydrogen-bond donors (Lipinski definition) is 0. The Kier molecular flexibility index (Phi) is 4.57. The predicted molar refractivity (Wildman–Crippen MR) is 74.0 cm³/mol. The summed E-state index contributed by atoms with van der Waals surface area (Å²) < 4.78 is 5.07. The van der Waals surface area contributed by atoms with Crippen molar-refractivity contribution in [3.8, 4) is 0 Å². The van der Waals surface area contributed by atoms with E-state index in [4.69, 9.17) is 16.3 Å². The van der Waals surface area contributed by atoms with Gasteiger partial charge in [-0.2, -0.15) is 0 Å². The number of ether oxygens (including phenoxy) is 1. The van der Waals surface area contributed by atoms with Gasteiger partial charge in [0.05, 0.1) is 11.5 Å². The average Bonchev–Trinajstić information content (AvgIpc) is 2.86.